The van der Waals surface area contributed by atoms with E-state index in [0.717, 1.165) is 19.1 Å². The maximum atomic E-state index is 12.4. The molecule has 1 fully saturated rings. The molecule has 3 rings (SSSR count). The molecule has 2 aromatic rings. The first kappa shape index (κ1) is 19.2. The van der Waals surface area contributed by atoms with Gasteiger partial charge in [-0.05, 0) is 30.3 Å². The van der Waals surface area contributed by atoms with Crippen molar-refractivity contribution >= 4 is 15.7 Å². The Morgan fingerprint density at radius 2 is 1.74 bits per heavy atom. The minimum Gasteiger partial charge on any atom is -0.490 e. The SMILES string of the molecule is CC(=O)N1CCC(Oc2ccn(-c3ccc(S(C)(=O)=O)cc3)c(=O)c2)CC1. The summed E-state index contributed by atoms with van der Waals surface area (Å²) in [6.07, 6.45) is 4.19. The number of hydrogen-bond donors (Lipinski definition) is 0. The lowest BCUT2D eigenvalue weighted by Gasteiger charge is -2.31. The molecule has 0 aliphatic carbocycles. The number of aromatic nitrogens is 1. The Kier molecular flexibility index (Phi) is 5.36. The number of carbonyl (C=O) groups is 1. The maximum absolute atomic E-state index is 12.4. The summed E-state index contributed by atoms with van der Waals surface area (Å²) < 4.78 is 30.4. The number of carbonyl (C=O) groups excluding carboxylic acids is 1. The predicted octanol–water partition coefficient (Wildman–Crippen LogP) is 1.63. The second-order valence-corrected chi connectivity index (χ2v) is 8.68. The fraction of sp³-hybridized carbons (Fsp3) is 0.368. The van der Waals surface area contributed by atoms with Crippen LogP contribution in [0.1, 0.15) is 19.8 Å². The van der Waals surface area contributed by atoms with Gasteiger partial charge in [0.2, 0.25) is 5.91 Å². The molecule has 0 saturated carbocycles. The van der Waals surface area contributed by atoms with Crippen molar-refractivity contribution in [2.75, 3.05) is 19.3 Å². The molecule has 0 bridgehead atoms. The van der Waals surface area contributed by atoms with Crippen molar-refractivity contribution in [1.82, 2.24) is 9.47 Å². The van der Waals surface area contributed by atoms with Crippen molar-refractivity contribution in [3.05, 3.63) is 52.9 Å². The average molecular weight is 390 g/mol. The summed E-state index contributed by atoms with van der Waals surface area (Å²) in [4.78, 5) is 25.8. The quantitative estimate of drug-likeness (QED) is 0.792. The van der Waals surface area contributed by atoms with Crippen LogP contribution in [0.25, 0.3) is 5.69 Å². The number of sulfone groups is 1. The number of hydrogen-bond acceptors (Lipinski definition) is 5. The molecule has 1 aliphatic heterocycles. The second kappa shape index (κ2) is 7.56. The molecule has 1 aromatic carbocycles. The molecule has 2 heterocycles. The van der Waals surface area contributed by atoms with E-state index in [2.05, 4.69) is 0 Å². The van der Waals surface area contributed by atoms with E-state index in [1.54, 1.807) is 36.2 Å². The maximum Gasteiger partial charge on any atom is 0.258 e. The Labute approximate surface area is 158 Å². The normalized spacial score (nSPS) is 15.6. The van der Waals surface area contributed by atoms with Crippen LogP contribution in [0.2, 0.25) is 0 Å². The zero-order valence-corrected chi connectivity index (χ0v) is 16.1. The molecule has 1 aliphatic rings. The minimum absolute atomic E-state index is 0.0232. The van der Waals surface area contributed by atoms with E-state index < -0.39 is 9.84 Å². The zero-order valence-electron chi connectivity index (χ0n) is 15.3. The minimum atomic E-state index is -3.28. The molecule has 1 aromatic heterocycles. The van der Waals surface area contributed by atoms with E-state index >= 15 is 0 Å². The van der Waals surface area contributed by atoms with Crippen LogP contribution < -0.4 is 10.3 Å². The van der Waals surface area contributed by atoms with Gasteiger partial charge in [-0.15, -0.1) is 0 Å². The summed E-state index contributed by atoms with van der Waals surface area (Å²) in [6, 6.07) is 9.27. The zero-order chi connectivity index (χ0) is 19.6. The number of likely N-dealkylation sites (tertiary alicyclic amines) is 1. The fourth-order valence-electron chi connectivity index (χ4n) is 3.08. The molecule has 1 amide bonds. The van der Waals surface area contributed by atoms with Crippen LogP contribution in [0.3, 0.4) is 0 Å². The van der Waals surface area contributed by atoms with Gasteiger partial charge in [-0.1, -0.05) is 0 Å². The van der Waals surface area contributed by atoms with Crippen LogP contribution >= 0.6 is 0 Å². The number of amides is 1. The lowest BCUT2D eigenvalue weighted by atomic mass is 10.1. The summed E-state index contributed by atoms with van der Waals surface area (Å²) in [5.41, 5.74) is 0.314. The van der Waals surface area contributed by atoms with Crippen molar-refractivity contribution in [2.45, 2.75) is 30.8 Å². The van der Waals surface area contributed by atoms with Gasteiger partial charge in [0, 0.05) is 57.1 Å². The molecule has 0 spiro atoms. The molecule has 7 nitrogen and oxygen atoms in total. The van der Waals surface area contributed by atoms with Crippen molar-refractivity contribution in [2.24, 2.45) is 0 Å². The third kappa shape index (κ3) is 4.57. The van der Waals surface area contributed by atoms with Gasteiger partial charge in [-0.2, -0.15) is 0 Å². The van der Waals surface area contributed by atoms with Gasteiger partial charge < -0.3 is 9.64 Å². The summed E-state index contributed by atoms with van der Waals surface area (Å²) in [7, 11) is -3.28. The largest absolute Gasteiger partial charge is 0.490 e. The first-order valence-electron chi connectivity index (χ1n) is 8.69. The number of nitrogens with zero attached hydrogens (tertiary/aromatic N) is 2. The van der Waals surface area contributed by atoms with Crippen molar-refractivity contribution in [3.8, 4) is 11.4 Å². The summed E-state index contributed by atoms with van der Waals surface area (Å²) in [5.74, 6) is 0.559. The Morgan fingerprint density at radius 1 is 1.11 bits per heavy atom. The molecule has 27 heavy (non-hydrogen) atoms. The van der Waals surface area contributed by atoms with Crippen molar-refractivity contribution in [3.63, 3.8) is 0 Å². The highest BCUT2D eigenvalue weighted by atomic mass is 32.2. The van der Waals surface area contributed by atoms with E-state index in [0.29, 0.717) is 24.5 Å². The van der Waals surface area contributed by atoms with E-state index in [-0.39, 0.29) is 22.5 Å². The van der Waals surface area contributed by atoms with Crippen LogP contribution in [-0.2, 0) is 14.6 Å². The lowest BCUT2D eigenvalue weighted by Crippen LogP contribution is -2.40. The van der Waals surface area contributed by atoms with Gasteiger partial charge in [0.15, 0.2) is 9.84 Å². The van der Waals surface area contributed by atoms with Gasteiger partial charge in [-0.3, -0.25) is 14.2 Å². The molecule has 0 atom stereocenters. The van der Waals surface area contributed by atoms with Gasteiger partial charge in [0.25, 0.3) is 5.56 Å². The summed E-state index contributed by atoms with van der Waals surface area (Å²) in [5, 5.41) is 0. The third-order valence-electron chi connectivity index (χ3n) is 4.62. The van der Waals surface area contributed by atoms with Crippen LogP contribution in [0.5, 0.6) is 5.75 Å². The Bertz CT molecular complexity index is 988. The van der Waals surface area contributed by atoms with Crippen LogP contribution in [0.15, 0.2) is 52.3 Å². The van der Waals surface area contributed by atoms with Crippen molar-refractivity contribution < 1.29 is 17.9 Å². The monoisotopic (exact) mass is 390 g/mol. The number of ether oxygens (including phenoxy) is 1. The highest BCUT2D eigenvalue weighted by molar-refractivity contribution is 7.90. The van der Waals surface area contributed by atoms with Crippen LogP contribution in [0, 0.1) is 0 Å². The van der Waals surface area contributed by atoms with Crippen molar-refractivity contribution in [1.29, 1.82) is 0 Å². The third-order valence-corrected chi connectivity index (χ3v) is 5.75. The highest BCUT2D eigenvalue weighted by Gasteiger charge is 2.22. The second-order valence-electron chi connectivity index (χ2n) is 6.66. The van der Waals surface area contributed by atoms with Gasteiger partial charge in [0.05, 0.1) is 4.90 Å². The molecule has 0 N–H and O–H groups in total. The molecular weight excluding hydrogens is 368 g/mol. The fourth-order valence-corrected chi connectivity index (χ4v) is 3.71. The van der Waals surface area contributed by atoms with Crippen LogP contribution in [-0.4, -0.2) is 49.2 Å². The summed E-state index contributed by atoms with van der Waals surface area (Å²) >= 11 is 0. The summed E-state index contributed by atoms with van der Waals surface area (Å²) in [6.45, 7) is 2.87. The molecule has 0 radical (unpaired) electrons. The molecule has 144 valence electrons. The number of piperidine rings is 1. The Morgan fingerprint density at radius 3 is 2.26 bits per heavy atom. The number of rotatable bonds is 4. The molecule has 1 saturated heterocycles. The van der Waals surface area contributed by atoms with Gasteiger partial charge in [-0.25, -0.2) is 8.42 Å². The van der Waals surface area contributed by atoms with Gasteiger partial charge in [0.1, 0.15) is 11.9 Å². The molecular formula is C19H22N2O5S. The average Bonchev–Trinajstić information content (AvgIpc) is 2.62. The standard InChI is InChI=1S/C19H22N2O5S/c1-14(22)20-10-7-16(8-11-20)26-17-9-12-21(19(23)13-17)15-3-5-18(6-4-15)27(2,24)25/h3-6,9,12-13,16H,7-8,10-11H2,1-2H3. The number of benzene rings is 1. The predicted molar refractivity (Wildman–Crippen MR) is 101 cm³/mol. The van der Waals surface area contributed by atoms with E-state index in [9.17, 15) is 18.0 Å². The first-order valence-corrected chi connectivity index (χ1v) is 10.6. The van der Waals surface area contributed by atoms with Crippen LogP contribution in [0.4, 0.5) is 0 Å². The lowest BCUT2D eigenvalue weighted by molar-refractivity contribution is -0.130. The first-order chi connectivity index (χ1) is 12.7. The van der Waals surface area contributed by atoms with Gasteiger partial charge >= 0.3 is 0 Å². The Balaban J connectivity index is 1.71. The van der Waals surface area contributed by atoms with E-state index in [1.165, 1.54) is 22.8 Å². The molecule has 0 unspecified atom stereocenters. The molecule has 8 heteroatoms. The highest BCUT2D eigenvalue weighted by Crippen LogP contribution is 2.19. The van der Waals surface area contributed by atoms with E-state index in [4.69, 9.17) is 4.74 Å². The van der Waals surface area contributed by atoms with E-state index in [1.807, 2.05) is 0 Å². The smallest absolute Gasteiger partial charge is 0.258 e. The topological polar surface area (TPSA) is 85.7 Å². The Hall–Kier alpha value is -2.61. The number of pyridine rings is 1.